The Kier molecular flexibility index (Phi) is 4.24. The van der Waals surface area contributed by atoms with Gasteiger partial charge >= 0.3 is 0 Å². The monoisotopic (exact) mass is 305 g/mol. The van der Waals surface area contributed by atoms with Gasteiger partial charge < -0.3 is 9.64 Å². The van der Waals surface area contributed by atoms with Gasteiger partial charge in [0.25, 0.3) is 0 Å². The van der Waals surface area contributed by atoms with Gasteiger partial charge in [-0.15, -0.1) is 0 Å². The molecule has 0 saturated carbocycles. The van der Waals surface area contributed by atoms with Crippen LogP contribution in [0.3, 0.4) is 0 Å². The molecule has 21 heavy (non-hydrogen) atoms. The molecule has 2 aliphatic rings. The van der Waals surface area contributed by atoms with Crippen molar-refractivity contribution < 1.29 is 9.57 Å². The zero-order valence-electron chi connectivity index (χ0n) is 11.6. The quantitative estimate of drug-likeness (QED) is 0.856. The SMILES string of the molecule is CCOC1C=C(N2C=CC=NC2)N(c2ccc(Cl)cc2)O1. The predicted octanol–water partition coefficient (Wildman–Crippen LogP) is 3.15. The van der Waals surface area contributed by atoms with Crippen LogP contribution in [0.2, 0.25) is 5.02 Å². The van der Waals surface area contributed by atoms with Crippen molar-refractivity contribution in [2.24, 2.45) is 4.99 Å². The molecule has 2 heterocycles. The normalized spacial score (nSPS) is 21.0. The number of anilines is 1. The predicted molar refractivity (Wildman–Crippen MR) is 82.9 cm³/mol. The van der Waals surface area contributed by atoms with Gasteiger partial charge in [0, 0.05) is 30.1 Å². The van der Waals surface area contributed by atoms with Crippen LogP contribution in [0, 0.1) is 0 Å². The number of hydrogen-bond acceptors (Lipinski definition) is 5. The molecule has 1 unspecified atom stereocenters. The summed E-state index contributed by atoms with van der Waals surface area (Å²) in [5.74, 6) is 0.879. The highest BCUT2D eigenvalue weighted by molar-refractivity contribution is 6.30. The first-order chi connectivity index (χ1) is 10.3. The highest BCUT2D eigenvalue weighted by Gasteiger charge is 2.29. The van der Waals surface area contributed by atoms with Gasteiger partial charge in [-0.1, -0.05) is 11.6 Å². The summed E-state index contributed by atoms with van der Waals surface area (Å²) in [5.41, 5.74) is 0.885. The second-order valence-corrected chi connectivity index (χ2v) is 4.95. The van der Waals surface area contributed by atoms with Crippen LogP contribution in [0.4, 0.5) is 5.69 Å². The Morgan fingerprint density at radius 2 is 2.19 bits per heavy atom. The summed E-state index contributed by atoms with van der Waals surface area (Å²) >= 11 is 5.94. The average Bonchev–Trinajstić information content (AvgIpc) is 2.93. The molecule has 0 bridgehead atoms. The molecule has 0 radical (unpaired) electrons. The van der Waals surface area contributed by atoms with Gasteiger partial charge in [-0.2, -0.15) is 0 Å². The molecule has 5 nitrogen and oxygen atoms in total. The molecule has 1 aromatic rings. The minimum absolute atomic E-state index is 0.403. The largest absolute Gasteiger partial charge is 0.347 e. The number of nitrogens with zero attached hydrogens (tertiary/aromatic N) is 3. The van der Waals surface area contributed by atoms with Crippen LogP contribution in [0.1, 0.15) is 6.92 Å². The molecule has 0 fully saturated rings. The Morgan fingerprint density at radius 3 is 2.86 bits per heavy atom. The zero-order chi connectivity index (χ0) is 14.7. The molecule has 2 aliphatic heterocycles. The number of allylic oxidation sites excluding steroid dienone is 1. The van der Waals surface area contributed by atoms with Crippen molar-refractivity contribution in [2.45, 2.75) is 13.2 Å². The first-order valence-corrected chi connectivity index (χ1v) is 7.15. The maximum atomic E-state index is 5.94. The van der Waals surface area contributed by atoms with Gasteiger partial charge in [0.15, 0.2) is 0 Å². The van der Waals surface area contributed by atoms with Gasteiger partial charge in [0.05, 0.1) is 5.69 Å². The number of ether oxygens (including phenoxy) is 1. The summed E-state index contributed by atoms with van der Waals surface area (Å²) < 4.78 is 5.54. The van der Waals surface area contributed by atoms with Gasteiger partial charge in [-0.3, -0.25) is 4.99 Å². The first kappa shape index (κ1) is 14.1. The van der Waals surface area contributed by atoms with Crippen molar-refractivity contribution in [3.05, 3.63) is 53.5 Å². The number of hydrogen-bond donors (Lipinski definition) is 0. The van der Waals surface area contributed by atoms with E-state index in [1.165, 1.54) is 0 Å². The molecule has 1 atom stereocenters. The third-order valence-corrected chi connectivity index (χ3v) is 3.33. The third kappa shape index (κ3) is 3.10. The molecule has 0 N–H and O–H groups in total. The van der Waals surface area contributed by atoms with Crippen LogP contribution < -0.4 is 5.06 Å². The van der Waals surface area contributed by atoms with Gasteiger partial charge in [0.1, 0.15) is 12.5 Å². The van der Waals surface area contributed by atoms with E-state index in [1.54, 1.807) is 11.3 Å². The molecule has 0 aliphatic carbocycles. The van der Waals surface area contributed by atoms with E-state index in [4.69, 9.17) is 21.2 Å². The van der Waals surface area contributed by atoms with Crippen molar-refractivity contribution in [2.75, 3.05) is 18.3 Å². The van der Waals surface area contributed by atoms with E-state index in [1.807, 2.05) is 54.4 Å². The highest BCUT2D eigenvalue weighted by atomic mass is 35.5. The Labute approximate surface area is 128 Å². The maximum Gasteiger partial charge on any atom is 0.207 e. The molecule has 3 rings (SSSR count). The summed E-state index contributed by atoms with van der Waals surface area (Å²) in [4.78, 5) is 12.1. The van der Waals surface area contributed by atoms with Crippen LogP contribution in [0.25, 0.3) is 0 Å². The van der Waals surface area contributed by atoms with E-state index >= 15 is 0 Å². The van der Waals surface area contributed by atoms with Crippen LogP contribution in [-0.4, -0.2) is 30.7 Å². The summed E-state index contributed by atoms with van der Waals surface area (Å²) in [6.45, 7) is 3.07. The highest BCUT2D eigenvalue weighted by Crippen LogP contribution is 2.30. The number of rotatable bonds is 4. The van der Waals surface area contributed by atoms with Gasteiger partial charge in [-0.05, 0) is 37.3 Å². The van der Waals surface area contributed by atoms with E-state index in [9.17, 15) is 0 Å². The molecule has 6 heteroatoms. The summed E-state index contributed by atoms with van der Waals surface area (Å²) in [6, 6.07) is 7.47. The van der Waals surface area contributed by atoms with Gasteiger partial charge in [0.2, 0.25) is 6.29 Å². The molecule has 0 aromatic heterocycles. The van der Waals surface area contributed by atoms with E-state index < -0.39 is 6.29 Å². The van der Waals surface area contributed by atoms with E-state index in [-0.39, 0.29) is 0 Å². The second-order valence-electron chi connectivity index (χ2n) is 4.51. The minimum Gasteiger partial charge on any atom is -0.347 e. The average molecular weight is 306 g/mol. The lowest BCUT2D eigenvalue weighted by molar-refractivity contribution is -0.0990. The number of aliphatic imine (C=N–C) groups is 1. The minimum atomic E-state index is -0.403. The van der Waals surface area contributed by atoms with E-state index in [0.29, 0.717) is 18.3 Å². The molecule has 0 amide bonds. The summed E-state index contributed by atoms with van der Waals surface area (Å²) in [6.07, 6.45) is 7.15. The molecule has 0 spiro atoms. The summed E-state index contributed by atoms with van der Waals surface area (Å²) in [5, 5.41) is 2.43. The van der Waals surface area contributed by atoms with Crippen LogP contribution in [-0.2, 0) is 9.57 Å². The first-order valence-electron chi connectivity index (χ1n) is 6.77. The lowest BCUT2D eigenvalue weighted by atomic mass is 10.3. The molecule has 1 aromatic carbocycles. The van der Waals surface area contributed by atoms with E-state index in [2.05, 4.69) is 4.99 Å². The smallest absolute Gasteiger partial charge is 0.207 e. The molecular formula is C15H16ClN3O2. The standard InChI is InChI=1S/C15H16ClN3O2/c1-2-20-15-10-14(18-9-3-8-17-11-18)19(21-15)13-6-4-12(16)5-7-13/h3-10,15H,2,11H2,1H3. The number of halogens is 1. The van der Waals surface area contributed by atoms with Crippen molar-refractivity contribution >= 4 is 23.5 Å². The van der Waals surface area contributed by atoms with Crippen LogP contribution in [0.5, 0.6) is 0 Å². The Bertz CT molecular complexity index is 583. The van der Waals surface area contributed by atoms with Crippen LogP contribution in [0.15, 0.2) is 53.4 Å². The van der Waals surface area contributed by atoms with Crippen LogP contribution >= 0.6 is 11.6 Å². The number of hydroxylamine groups is 1. The Morgan fingerprint density at radius 1 is 1.38 bits per heavy atom. The van der Waals surface area contributed by atoms with Crippen molar-refractivity contribution in [3.8, 4) is 0 Å². The van der Waals surface area contributed by atoms with Gasteiger partial charge in [-0.25, -0.2) is 9.90 Å². The molecule has 0 saturated heterocycles. The zero-order valence-corrected chi connectivity index (χ0v) is 12.4. The summed E-state index contributed by atoms with van der Waals surface area (Å²) in [7, 11) is 0. The van der Waals surface area contributed by atoms with E-state index in [0.717, 1.165) is 11.5 Å². The third-order valence-electron chi connectivity index (χ3n) is 3.08. The fourth-order valence-electron chi connectivity index (χ4n) is 2.14. The fourth-order valence-corrected chi connectivity index (χ4v) is 2.26. The topological polar surface area (TPSA) is 37.3 Å². The molecular weight excluding hydrogens is 290 g/mol. The maximum absolute atomic E-state index is 5.94. The van der Waals surface area contributed by atoms with Crippen molar-refractivity contribution in [1.82, 2.24) is 4.90 Å². The Balaban J connectivity index is 1.87. The number of benzene rings is 1. The lowest BCUT2D eigenvalue weighted by Crippen LogP contribution is -2.31. The van der Waals surface area contributed by atoms with Crippen molar-refractivity contribution in [3.63, 3.8) is 0 Å². The Hall–Kier alpha value is -1.82. The lowest BCUT2D eigenvalue weighted by Gasteiger charge is -2.28. The van der Waals surface area contributed by atoms with Crippen molar-refractivity contribution in [1.29, 1.82) is 0 Å². The fraction of sp³-hybridized carbons (Fsp3) is 0.267. The second kappa shape index (κ2) is 6.30. The molecule has 110 valence electrons.